The van der Waals surface area contributed by atoms with Crippen molar-refractivity contribution in [3.05, 3.63) is 27.8 Å². The summed E-state index contributed by atoms with van der Waals surface area (Å²) in [5, 5.41) is 6.42. The average molecular weight is 277 g/mol. The smallest absolute Gasteiger partial charge is 0.225 e. The number of aromatic nitrogens is 3. The summed E-state index contributed by atoms with van der Waals surface area (Å²) < 4.78 is 0. The molecule has 0 aliphatic rings. The fourth-order valence-electron chi connectivity index (χ4n) is 1.80. The van der Waals surface area contributed by atoms with E-state index in [0.717, 1.165) is 22.1 Å². The van der Waals surface area contributed by atoms with Gasteiger partial charge in [-0.15, -0.1) is 11.3 Å². The Bertz CT molecular complexity index is 564. The maximum atomic E-state index is 4.52. The molecule has 5 nitrogen and oxygen atoms in total. The van der Waals surface area contributed by atoms with Gasteiger partial charge in [0.1, 0.15) is 5.82 Å². The van der Waals surface area contributed by atoms with E-state index in [4.69, 9.17) is 0 Å². The summed E-state index contributed by atoms with van der Waals surface area (Å²) in [6.45, 7) is 6.08. The molecule has 0 aromatic carbocycles. The third kappa shape index (κ3) is 3.20. The zero-order chi connectivity index (χ0) is 14.0. The number of nitrogens with zero attached hydrogens (tertiary/aromatic N) is 4. The molecule has 2 aromatic rings. The average Bonchev–Trinajstić information content (AvgIpc) is 2.78. The number of thiazole rings is 1. The molecule has 0 radical (unpaired) electrons. The topological polar surface area (TPSA) is 53.9 Å². The molecule has 0 fully saturated rings. The van der Waals surface area contributed by atoms with Gasteiger partial charge >= 0.3 is 0 Å². The van der Waals surface area contributed by atoms with Crippen molar-refractivity contribution in [2.24, 2.45) is 0 Å². The molecule has 0 bridgehead atoms. The third-order valence-corrected chi connectivity index (χ3v) is 3.59. The minimum Gasteiger partial charge on any atom is -0.362 e. The van der Waals surface area contributed by atoms with Crippen molar-refractivity contribution in [3.63, 3.8) is 0 Å². The molecule has 0 aliphatic carbocycles. The van der Waals surface area contributed by atoms with Gasteiger partial charge < -0.3 is 10.2 Å². The molecule has 0 unspecified atom stereocenters. The highest BCUT2D eigenvalue weighted by Gasteiger charge is 2.12. The van der Waals surface area contributed by atoms with Gasteiger partial charge in [-0.2, -0.15) is 4.98 Å². The Labute approximate surface area is 117 Å². The molecule has 2 aromatic heterocycles. The van der Waals surface area contributed by atoms with Gasteiger partial charge in [0.25, 0.3) is 0 Å². The van der Waals surface area contributed by atoms with Crippen molar-refractivity contribution in [3.8, 4) is 0 Å². The summed E-state index contributed by atoms with van der Waals surface area (Å²) in [6.07, 6.45) is 1.84. The normalized spacial score (nSPS) is 12.3. The van der Waals surface area contributed by atoms with Crippen LogP contribution in [-0.4, -0.2) is 29.0 Å². The first-order chi connectivity index (χ1) is 8.97. The molecule has 102 valence electrons. The predicted octanol–water partition coefficient (Wildman–Crippen LogP) is 2.79. The van der Waals surface area contributed by atoms with Gasteiger partial charge in [-0.05, 0) is 20.8 Å². The maximum Gasteiger partial charge on any atom is 0.225 e. The third-order valence-electron chi connectivity index (χ3n) is 2.79. The van der Waals surface area contributed by atoms with E-state index in [1.54, 1.807) is 11.3 Å². The van der Waals surface area contributed by atoms with E-state index in [2.05, 4.69) is 32.6 Å². The van der Waals surface area contributed by atoms with Crippen LogP contribution in [0.15, 0.2) is 11.6 Å². The summed E-state index contributed by atoms with van der Waals surface area (Å²) >= 11 is 1.65. The minimum absolute atomic E-state index is 0.0997. The van der Waals surface area contributed by atoms with E-state index in [9.17, 15) is 0 Å². The number of aryl methyl sites for hydroxylation is 2. The van der Waals surface area contributed by atoms with Crippen LogP contribution in [0.25, 0.3) is 0 Å². The monoisotopic (exact) mass is 277 g/mol. The first-order valence-electron chi connectivity index (χ1n) is 6.17. The lowest BCUT2D eigenvalue weighted by Gasteiger charge is -2.17. The fourth-order valence-corrected chi connectivity index (χ4v) is 2.51. The molecule has 0 spiro atoms. The second-order valence-corrected chi connectivity index (χ2v) is 5.81. The van der Waals surface area contributed by atoms with Crippen molar-refractivity contribution in [2.45, 2.75) is 26.8 Å². The molecule has 0 amide bonds. The van der Waals surface area contributed by atoms with Gasteiger partial charge in [0, 0.05) is 31.2 Å². The molecule has 1 atom stereocenters. The van der Waals surface area contributed by atoms with E-state index in [1.807, 2.05) is 39.0 Å². The maximum absolute atomic E-state index is 4.52. The van der Waals surface area contributed by atoms with Crippen LogP contribution in [0.2, 0.25) is 0 Å². The molecule has 1 N–H and O–H groups in total. The molecule has 0 aliphatic heterocycles. The molecular formula is C13H19N5S. The zero-order valence-corrected chi connectivity index (χ0v) is 12.7. The van der Waals surface area contributed by atoms with Crippen LogP contribution in [-0.2, 0) is 0 Å². The molecule has 0 saturated carbocycles. The van der Waals surface area contributed by atoms with E-state index in [0.29, 0.717) is 5.95 Å². The highest BCUT2D eigenvalue weighted by Crippen LogP contribution is 2.21. The minimum atomic E-state index is 0.0997. The van der Waals surface area contributed by atoms with Crippen molar-refractivity contribution >= 4 is 23.1 Å². The van der Waals surface area contributed by atoms with E-state index >= 15 is 0 Å². The molecule has 2 heterocycles. The number of nitrogens with one attached hydrogen (secondary N) is 1. The first-order valence-corrected chi connectivity index (χ1v) is 7.05. The lowest BCUT2D eigenvalue weighted by Crippen LogP contribution is -2.16. The number of hydrogen-bond donors (Lipinski definition) is 1. The van der Waals surface area contributed by atoms with Gasteiger partial charge in [0.05, 0.1) is 16.7 Å². The van der Waals surface area contributed by atoms with E-state index in [-0.39, 0.29) is 6.04 Å². The highest BCUT2D eigenvalue weighted by atomic mass is 32.1. The van der Waals surface area contributed by atoms with Crippen LogP contribution in [0, 0.1) is 13.8 Å². The van der Waals surface area contributed by atoms with E-state index in [1.165, 1.54) is 0 Å². The summed E-state index contributed by atoms with van der Waals surface area (Å²) in [4.78, 5) is 15.3. The Balaban J connectivity index is 2.17. The van der Waals surface area contributed by atoms with Crippen LogP contribution in [0.3, 0.4) is 0 Å². The molecule has 0 saturated heterocycles. The Morgan fingerprint density at radius 3 is 2.58 bits per heavy atom. The Hall–Kier alpha value is -1.69. The van der Waals surface area contributed by atoms with Crippen molar-refractivity contribution < 1.29 is 0 Å². The van der Waals surface area contributed by atoms with Crippen LogP contribution in [0.4, 0.5) is 11.8 Å². The second-order valence-electron chi connectivity index (χ2n) is 4.75. The fraction of sp³-hybridized carbons (Fsp3) is 0.462. The van der Waals surface area contributed by atoms with Crippen LogP contribution in [0.1, 0.15) is 29.2 Å². The SMILES string of the molecule is Cc1nc([C@@H](C)Nc2ncc(C)c(N(C)C)n2)cs1. The summed E-state index contributed by atoms with van der Waals surface area (Å²) in [5.41, 5.74) is 2.09. The quantitative estimate of drug-likeness (QED) is 0.931. The van der Waals surface area contributed by atoms with Crippen LogP contribution >= 0.6 is 11.3 Å². The van der Waals surface area contributed by atoms with Gasteiger partial charge in [-0.1, -0.05) is 0 Å². The van der Waals surface area contributed by atoms with Gasteiger partial charge in [-0.25, -0.2) is 9.97 Å². The molecule has 6 heteroatoms. The van der Waals surface area contributed by atoms with E-state index < -0.39 is 0 Å². The van der Waals surface area contributed by atoms with Crippen molar-refractivity contribution in [2.75, 3.05) is 24.3 Å². The lowest BCUT2D eigenvalue weighted by molar-refractivity contribution is 0.824. The Kier molecular flexibility index (Phi) is 3.99. The van der Waals surface area contributed by atoms with Crippen molar-refractivity contribution in [1.82, 2.24) is 15.0 Å². The summed E-state index contributed by atoms with van der Waals surface area (Å²) in [6, 6.07) is 0.0997. The highest BCUT2D eigenvalue weighted by molar-refractivity contribution is 7.09. The van der Waals surface area contributed by atoms with Gasteiger partial charge in [-0.3, -0.25) is 0 Å². The van der Waals surface area contributed by atoms with Gasteiger partial charge in [0.2, 0.25) is 5.95 Å². The molecule has 19 heavy (non-hydrogen) atoms. The van der Waals surface area contributed by atoms with Crippen LogP contribution in [0.5, 0.6) is 0 Å². The zero-order valence-electron chi connectivity index (χ0n) is 11.9. The second kappa shape index (κ2) is 5.52. The Morgan fingerprint density at radius 1 is 1.26 bits per heavy atom. The van der Waals surface area contributed by atoms with Gasteiger partial charge in [0.15, 0.2) is 0 Å². The largest absolute Gasteiger partial charge is 0.362 e. The lowest BCUT2D eigenvalue weighted by atomic mass is 10.2. The first kappa shape index (κ1) is 13.7. The number of rotatable bonds is 4. The van der Waals surface area contributed by atoms with Crippen LogP contribution < -0.4 is 10.2 Å². The summed E-state index contributed by atoms with van der Waals surface area (Å²) in [7, 11) is 3.96. The predicted molar refractivity (Wildman–Crippen MR) is 80.0 cm³/mol. The number of hydrogen-bond acceptors (Lipinski definition) is 6. The summed E-state index contributed by atoms with van der Waals surface area (Å²) in [5.74, 6) is 1.56. The molecule has 2 rings (SSSR count). The standard InChI is InChI=1S/C13H19N5S/c1-8-6-14-13(17-12(8)18(4)5)15-9(2)11-7-19-10(3)16-11/h6-7,9H,1-5H3,(H,14,15,17)/t9-/m1/s1. The number of anilines is 2. The molecular weight excluding hydrogens is 258 g/mol. The van der Waals surface area contributed by atoms with Crippen molar-refractivity contribution in [1.29, 1.82) is 0 Å². The Morgan fingerprint density at radius 2 is 2.00 bits per heavy atom.